The molecule has 0 spiro atoms. The number of alkyl halides is 1. The van der Waals surface area contributed by atoms with Gasteiger partial charge in [-0.15, -0.1) is 11.6 Å². The lowest BCUT2D eigenvalue weighted by Gasteiger charge is -2.11. The minimum absolute atomic E-state index is 0.296. The molecule has 0 saturated carbocycles. The molecule has 2 aromatic heterocycles. The van der Waals surface area contributed by atoms with Crippen molar-refractivity contribution in [2.75, 3.05) is 0 Å². The highest BCUT2D eigenvalue weighted by Gasteiger charge is 2.19. The molecule has 6 heteroatoms. The van der Waals surface area contributed by atoms with Crippen molar-refractivity contribution in [1.82, 2.24) is 14.5 Å². The van der Waals surface area contributed by atoms with Crippen LogP contribution in [0.25, 0.3) is 16.9 Å². The van der Waals surface area contributed by atoms with Gasteiger partial charge in [-0.25, -0.2) is 14.4 Å². The van der Waals surface area contributed by atoms with Gasteiger partial charge in [-0.2, -0.15) is 0 Å². The Kier molecular flexibility index (Phi) is 3.71. The molecule has 1 atom stereocenters. The number of imidazole rings is 1. The summed E-state index contributed by atoms with van der Waals surface area (Å²) in [6, 6.07) is 6.42. The number of benzene rings is 1. The van der Waals surface area contributed by atoms with E-state index in [9.17, 15) is 4.39 Å². The van der Waals surface area contributed by atoms with Gasteiger partial charge in [0.15, 0.2) is 5.65 Å². The van der Waals surface area contributed by atoms with Gasteiger partial charge >= 0.3 is 0 Å². The highest BCUT2D eigenvalue weighted by molar-refractivity contribution is 9.10. The molecule has 0 bridgehead atoms. The highest BCUT2D eigenvalue weighted by Crippen LogP contribution is 2.31. The minimum Gasteiger partial charge on any atom is -0.278 e. The van der Waals surface area contributed by atoms with Crippen LogP contribution in [0.5, 0.6) is 0 Å². The first-order valence-corrected chi connectivity index (χ1v) is 7.65. The van der Waals surface area contributed by atoms with Gasteiger partial charge in [-0.1, -0.05) is 0 Å². The first-order chi connectivity index (χ1) is 9.99. The lowest BCUT2D eigenvalue weighted by molar-refractivity contribution is 0.626. The van der Waals surface area contributed by atoms with Crippen LogP contribution in [-0.4, -0.2) is 14.5 Å². The van der Waals surface area contributed by atoms with E-state index in [1.165, 1.54) is 12.1 Å². The van der Waals surface area contributed by atoms with Gasteiger partial charge in [0.1, 0.15) is 17.2 Å². The highest BCUT2D eigenvalue weighted by atomic mass is 79.9. The van der Waals surface area contributed by atoms with Gasteiger partial charge in [0.05, 0.1) is 11.1 Å². The fourth-order valence-corrected chi connectivity index (χ4v) is 2.95. The molecule has 21 heavy (non-hydrogen) atoms. The summed E-state index contributed by atoms with van der Waals surface area (Å²) in [6.45, 7) is 3.83. The average Bonchev–Trinajstić information content (AvgIpc) is 2.80. The van der Waals surface area contributed by atoms with Crippen molar-refractivity contribution in [2.24, 2.45) is 0 Å². The molecule has 3 rings (SSSR count). The third-order valence-corrected chi connectivity index (χ3v) is 4.11. The second-order valence-corrected chi connectivity index (χ2v) is 6.33. The van der Waals surface area contributed by atoms with Gasteiger partial charge in [0.25, 0.3) is 0 Å². The topological polar surface area (TPSA) is 30.7 Å². The van der Waals surface area contributed by atoms with Crippen LogP contribution >= 0.6 is 27.5 Å². The summed E-state index contributed by atoms with van der Waals surface area (Å²) in [5.41, 5.74) is 3.30. The Bertz CT molecular complexity index is 829. The third kappa shape index (κ3) is 2.45. The van der Waals surface area contributed by atoms with E-state index >= 15 is 0 Å². The fraction of sp³-hybridized carbons (Fsp3) is 0.200. The number of fused-ring (bicyclic) bond motifs is 1. The Morgan fingerprint density at radius 3 is 2.76 bits per heavy atom. The number of halogens is 3. The second-order valence-electron chi connectivity index (χ2n) is 4.82. The van der Waals surface area contributed by atoms with Crippen molar-refractivity contribution >= 4 is 38.7 Å². The molecule has 0 N–H and O–H groups in total. The number of hydrogen-bond donors (Lipinski definition) is 0. The molecular weight excluding hydrogens is 357 g/mol. The second kappa shape index (κ2) is 5.39. The first-order valence-electron chi connectivity index (χ1n) is 6.42. The number of aromatic nitrogens is 3. The quantitative estimate of drug-likeness (QED) is 0.600. The Hall–Kier alpha value is -1.46. The van der Waals surface area contributed by atoms with Crippen LogP contribution in [-0.2, 0) is 0 Å². The van der Waals surface area contributed by atoms with E-state index < -0.39 is 0 Å². The van der Waals surface area contributed by atoms with E-state index in [0.29, 0.717) is 15.9 Å². The number of nitrogens with zero attached hydrogens (tertiary/aromatic N) is 3. The molecule has 3 aromatic rings. The van der Waals surface area contributed by atoms with Crippen LogP contribution in [0.4, 0.5) is 4.39 Å². The van der Waals surface area contributed by atoms with E-state index in [-0.39, 0.29) is 11.2 Å². The van der Waals surface area contributed by atoms with Gasteiger partial charge in [0, 0.05) is 10.7 Å². The Balaban J connectivity index is 2.39. The summed E-state index contributed by atoms with van der Waals surface area (Å²) >= 11 is 9.66. The zero-order chi connectivity index (χ0) is 15.1. The van der Waals surface area contributed by atoms with Gasteiger partial charge in [0.2, 0.25) is 0 Å². The van der Waals surface area contributed by atoms with E-state index in [4.69, 9.17) is 11.6 Å². The molecule has 3 nitrogen and oxygen atoms in total. The van der Waals surface area contributed by atoms with E-state index in [1.807, 2.05) is 24.5 Å². The first kappa shape index (κ1) is 14.5. The Labute approximate surface area is 134 Å². The zero-order valence-corrected chi connectivity index (χ0v) is 13.8. The number of pyridine rings is 1. The standard InChI is InChI=1S/C15H12BrClFN3/c1-8-5-6-19-15-13(8)20-14(9(2)17)21(15)12-4-3-10(18)7-11(12)16/h3-7,9H,1-2H3. The molecule has 0 radical (unpaired) electrons. The van der Waals surface area contributed by atoms with Crippen LogP contribution in [0.3, 0.4) is 0 Å². The third-order valence-electron chi connectivity index (χ3n) is 3.28. The summed E-state index contributed by atoms with van der Waals surface area (Å²) in [5, 5.41) is -0.296. The molecule has 0 aliphatic carbocycles. The SMILES string of the molecule is Cc1ccnc2c1nc(C(C)Cl)n2-c1ccc(F)cc1Br. The largest absolute Gasteiger partial charge is 0.278 e. The Morgan fingerprint density at radius 2 is 2.10 bits per heavy atom. The lowest BCUT2D eigenvalue weighted by Crippen LogP contribution is -2.03. The van der Waals surface area contributed by atoms with Crippen molar-refractivity contribution in [2.45, 2.75) is 19.2 Å². The molecule has 0 fully saturated rings. The fourth-order valence-electron chi connectivity index (χ4n) is 2.28. The van der Waals surface area contributed by atoms with Crippen molar-refractivity contribution in [3.63, 3.8) is 0 Å². The van der Waals surface area contributed by atoms with E-state index in [1.54, 1.807) is 12.3 Å². The zero-order valence-electron chi connectivity index (χ0n) is 11.4. The summed E-state index contributed by atoms with van der Waals surface area (Å²) in [6.07, 6.45) is 1.73. The average molecular weight is 369 g/mol. The van der Waals surface area contributed by atoms with Crippen molar-refractivity contribution < 1.29 is 4.39 Å². The number of aryl methyl sites for hydroxylation is 1. The molecule has 108 valence electrons. The smallest absolute Gasteiger partial charge is 0.165 e. The normalized spacial score (nSPS) is 12.8. The predicted octanol–water partition coefficient (Wildman–Crippen LogP) is 4.93. The summed E-state index contributed by atoms with van der Waals surface area (Å²) in [7, 11) is 0. The summed E-state index contributed by atoms with van der Waals surface area (Å²) in [5.74, 6) is 0.375. The van der Waals surface area contributed by atoms with Crippen LogP contribution in [0.2, 0.25) is 0 Å². The molecule has 2 heterocycles. The van der Waals surface area contributed by atoms with E-state index in [2.05, 4.69) is 25.9 Å². The maximum Gasteiger partial charge on any atom is 0.165 e. The van der Waals surface area contributed by atoms with Crippen molar-refractivity contribution in [1.29, 1.82) is 0 Å². The van der Waals surface area contributed by atoms with Crippen LogP contribution < -0.4 is 0 Å². The van der Waals surface area contributed by atoms with Gasteiger partial charge in [-0.3, -0.25) is 4.57 Å². The van der Waals surface area contributed by atoms with Crippen molar-refractivity contribution in [3.05, 3.63) is 52.1 Å². The van der Waals surface area contributed by atoms with Crippen molar-refractivity contribution in [3.8, 4) is 5.69 Å². The van der Waals surface area contributed by atoms with Crippen LogP contribution in [0, 0.1) is 12.7 Å². The maximum atomic E-state index is 13.3. The lowest BCUT2D eigenvalue weighted by atomic mass is 10.2. The molecule has 1 unspecified atom stereocenters. The summed E-state index contributed by atoms with van der Waals surface area (Å²) in [4.78, 5) is 9.02. The molecule has 1 aromatic carbocycles. The summed E-state index contributed by atoms with van der Waals surface area (Å²) < 4.78 is 15.8. The van der Waals surface area contributed by atoms with Crippen LogP contribution in [0.1, 0.15) is 23.7 Å². The minimum atomic E-state index is -0.306. The molecular formula is C15H12BrClFN3. The van der Waals surface area contributed by atoms with Gasteiger partial charge in [-0.05, 0) is 59.6 Å². The Morgan fingerprint density at radius 1 is 1.33 bits per heavy atom. The monoisotopic (exact) mass is 367 g/mol. The number of rotatable bonds is 2. The van der Waals surface area contributed by atoms with Crippen LogP contribution in [0.15, 0.2) is 34.9 Å². The van der Waals surface area contributed by atoms with Gasteiger partial charge < -0.3 is 0 Å². The predicted molar refractivity (Wildman–Crippen MR) is 85.5 cm³/mol. The number of hydrogen-bond acceptors (Lipinski definition) is 2. The molecule has 0 saturated heterocycles. The molecule has 0 amide bonds. The molecule has 0 aliphatic rings. The maximum absolute atomic E-state index is 13.3. The molecule has 0 aliphatic heterocycles. The van der Waals surface area contributed by atoms with E-state index in [0.717, 1.165) is 16.8 Å².